The molecule has 0 aliphatic carbocycles. The van der Waals surface area contributed by atoms with E-state index in [9.17, 15) is 0 Å². The predicted octanol–water partition coefficient (Wildman–Crippen LogP) is 3.75. The smallest absolute Gasteiger partial charge is 0.153 e. The van der Waals surface area contributed by atoms with Gasteiger partial charge in [0.1, 0.15) is 5.65 Å². The van der Waals surface area contributed by atoms with Crippen molar-refractivity contribution < 1.29 is 0 Å². The van der Waals surface area contributed by atoms with Gasteiger partial charge < -0.3 is 10.7 Å². The fourth-order valence-electron chi connectivity index (χ4n) is 3.16. The van der Waals surface area contributed by atoms with Crippen LogP contribution in [0.15, 0.2) is 61.1 Å². The number of fused-ring (bicyclic) bond motifs is 2. The van der Waals surface area contributed by atoms with Crippen LogP contribution in [-0.4, -0.2) is 25.1 Å². The zero-order chi connectivity index (χ0) is 16.8. The zero-order valence-corrected chi connectivity index (χ0v) is 13.2. The van der Waals surface area contributed by atoms with Gasteiger partial charge in [0.25, 0.3) is 0 Å². The molecular formula is C19H14N6. The maximum Gasteiger partial charge on any atom is 0.153 e. The van der Waals surface area contributed by atoms with Crippen LogP contribution in [0.1, 0.15) is 0 Å². The summed E-state index contributed by atoms with van der Waals surface area (Å²) < 4.78 is 0. The highest BCUT2D eigenvalue weighted by molar-refractivity contribution is 5.99. The molecule has 0 aliphatic heterocycles. The number of aromatic nitrogens is 5. The first-order chi connectivity index (χ1) is 12.3. The van der Waals surface area contributed by atoms with Crippen molar-refractivity contribution in [3.05, 3.63) is 61.1 Å². The molecule has 5 rings (SSSR count). The first kappa shape index (κ1) is 13.7. The lowest BCUT2D eigenvalue weighted by Crippen LogP contribution is -1.85. The molecule has 0 aliphatic rings. The third-order valence-corrected chi connectivity index (χ3v) is 4.41. The van der Waals surface area contributed by atoms with Crippen molar-refractivity contribution in [1.82, 2.24) is 25.1 Å². The third-order valence-electron chi connectivity index (χ3n) is 4.41. The van der Waals surface area contributed by atoms with E-state index in [1.807, 2.05) is 36.7 Å². The van der Waals surface area contributed by atoms with Crippen LogP contribution in [0, 0.1) is 0 Å². The minimum atomic E-state index is 0.507. The molecule has 1 aromatic carbocycles. The number of nitrogens with one attached hydrogen (secondary N) is 2. The van der Waals surface area contributed by atoms with Gasteiger partial charge >= 0.3 is 0 Å². The number of anilines is 1. The summed E-state index contributed by atoms with van der Waals surface area (Å²) in [5, 5.41) is 8.97. The molecule has 0 saturated heterocycles. The van der Waals surface area contributed by atoms with Crippen LogP contribution in [0.25, 0.3) is 44.3 Å². The minimum Gasteiger partial charge on any atom is -0.382 e. The number of aromatic amines is 2. The maximum atomic E-state index is 5.95. The Balaban J connectivity index is 1.72. The number of pyridine rings is 2. The molecule has 0 atom stereocenters. The quantitative estimate of drug-likeness (QED) is 0.460. The number of rotatable bonds is 2. The first-order valence-corrected chi connectivity index (χ1v) is 7.92. The number of nitrogens with zero attached hydrogens (tertiary/aromatic N) is 3. The van der Waals surface area contributed by atoms with Crippen molar-refractivity contribution in [1.29, 1.82) is 0 Å². The molecule has 0 amide bonds. The summed E-state index contributed by atoms with van der Waals surface area (Å²) in [5.74, 6) is 0.507. The molecule has 0 radical (unpaired) electrons. The zero-order valence-electron chi connectivity index (χ0n) is 13.2. The van der Waals surface area contributed by atoms with E-state index < -0.39 is 0 Å². The fraction of sp³-hybridized carbons (Fsp3) is 0. The van der Waals surface area contributed by atoms with Crippen LogP contribution in [0.4, 0.5) is 5.82 Å². The minimum absolute atomic E-state index is 0.507. The molecule has 4 heterocycles. The van der Waals surface area contributed by atoms with E-state index in [-0.39, 0.29) is 0 Å². The lowest BCUT2D eigenvalue weighted by molar-refractivity contribution is 1.13. The molecule has 0 bridgehead atoms. The van der Waals surface area contributed by atoms with E-state index in [1.54, 1.807) is 6.20 Å². The van der Waals surface area contributed by atoms with E-state index in [0.29, 0.717) is 5.82 Å². The molecule has 0 fully saturated rings. The van der Waals surface area contributed by atoms with Crippen LogP contribution in [-0.2, 0) is 0 Å². The van der Waals surface area contributed by atoms with E-state index >= 15 is 0 Å². The number of nitrogen functional groups attached to an aromatic ring is 1. The molecule has 4 N–H and O–H groups in total. The van der Waals surface area contributed by atoms with Crippen molar-refractivity contribution in [2.75, 3.05) is 5.73 Å². The maximum absolute atomic E-state index is 5.95. The Labute approximate surface area is 142 Å². The first-order valence-electron chi connectivity index (χ1n) is 7.92. The Morgan fingerprint density at radius 1 is 0.920 bits per heavy atom. The normalized spacial score (nSPS) is 11.4. The molecule has 25 heavy (non-hydrogen) atoms. The summed E-state index contributed by atoms with van der Waals surface area (Å²) in [4.78, 5) is 12.0. The van der Waals surface area contributed by atoms with Crippen LogP contribution >= 0.6 is 0 Å². The average molecular weight is 326 g/mol. The Kier molecular flexibility index (Phi) is 2.84. The van der Waals surface area contributed by atoms with Crippen LogP contribution in [0.2, 0.25) is 0 Å². The second-order valence-electron chi connectivity index (χ2n) is 5.91. The number of hydrogen-bond donors (Lipinski definition) is 3. The highest BCUT2D eigenvalue weighted by Crippen LogP contribution is 2.33. The summed E-state index contributed by atoms with van der Waals surface area (Å²) in [5.41, 5.74) is 11.9. The standard InChI is InChI=1S/C19H14N6/c20-18-15-8-11(3-4-16(15)24-25-18)13-5-7-22-19-14(13)9-17(23-19)12-2-1-6-21-10-12/h1-10H,(H,22,23)(H3,20,24,25). The fourth-order valence-corrected chi connectivity index (χ4v) is 3.16. The van der Waals surface area contributed by atoms with E-state index in [1.165, 1.54) is 0 Å². The number of H-pyrrole nitrogens is 2. The Morgan fingerprint density at radius 2 is 1.88 bits per heavy atom. The second kappa shape index (κ2) is 5.17. The van der Waals surface area contributed by atoms with E-state index in [2.05, 4.69) is 43.3 Å². The van der Waals surface area contributed by atoms with Gasteiger partial charge in [-0.15, -0.1) is 0 Å². The van der Waals surface area contributed by atoms with Crippen LogP contribution in [0.5, 0.6) is 0 Å². The number of nitrogens with two attached hydrogens (primary N) is 1. The summed E-state index contributed by atoms with van der Waals surface area (Å²) in [6.07, 6.45) is 5.41. The lowest BCUT2D eigenvalue weighted by Gasteiger charge is -2.03. The van der Waals surface area contributed by atoms with Crippen molar-refractivity contribution in [3.63, 3.8) is 0 Å². The third kappa shape index (κ3) is 2.15. The summed E-state index contributed by atoms with van der Waals surface area (Å²) >= 11 is 0. The molecule has 5 aromatic rings. The van der Waals surface area contributed by atoms with Crippen molar-refractivity contribution in [3.8, 4) is 22.4 Å². The molecule has 6 nitrogen and oxygen atoms in total. The van der Waals surface area contributed by atoms with Crippen molar-refractivity contribution in [2.45, 2.75) is 0 Å². The Hall–Kier alpha value is -3.67. The van der Waals surface area contributed by atoms with Gasteiger partial charge in [0.05, 0.1) is 5.52 Å². The van der Waals surface area contributed by atoms with Gasteiger partial charge in [-0.1, -0.05) is 6.07 Å². The topological polar surface area (TPSA) is 96.3 Å². The highest BCUT2D eigenvalue weighted by atomic mass is 15.1. The predicted molar refractivity (Wildman–Crippen MR) is 98.8 cm³/mol. The number of hydrogen-bond acceptors (Lipinski definition) is 4. The van der Waals surface area contributed by atoms with Crippen LogP contribution < -0.4 is 5.73 Å². The lowest BCUT2D eigenvalue weighted by atomic mass is 10.0. The molecule has 0 unspecified atom stereocenters. The van der Waals surface area contributed by atoms with Gasteiger partial charge in [-0.3, -0.25) is 10.1 Å². The average Bonchev–Trinajstić information content (AvgIpc) is 3.26. The summed E-state index contributed by atoms with van der Waals surface area (Å²) in [6, 6.07) is 14.2. The Morgan fingerprint density at radius 3 is 2.76 bits per heavy atom. The largest absolute Gasteiger partial charge is 0.382 e. The van der Waals surface area contributed by atoms with Gasteiger partial charge in [0, 0.05) is 40.6 Å². The molecule has 0 spiro atoms. The van der Waals surface area contributed by atoms with Gasteiger partial charge in [0.15, 0.2) is 5.82 Å². The molecular weight excluding hydrogens is 312 g/mol. The second-order valence-corrected chi connectivity index (χ2v) is 5.91. The van der Waals surface area contributed by atoms with E-state index in [4.69, 9.17) is 5.73 Å². The number of benzene rings is 1. The summed E-state index contributed by atoms with van der Waals surface area (Å²) in [7, 11) is 0. The SMILES string of the molecule is Nc1n[nH]c2ccc(-c3ccnc4[nH]c(-c5cccnc5)cc34)cc12. The van der Waals surface area contributed by atoms with Gasteiger partial charge in [-0.25, -0.2) is 4.98 Å². The van der Waals surface area contributed by atoms with E-state index in [0.717, 1.165) is 44.3 Å². The van der Waals surface area contributed by atoms with Crippen LogP contribution in [0.3, 0.4) is 0 Å². The monoisotopic (exact) mass is 326 g/mol. The van der Waals surface area contributed by atoms with Crippen molar-refractivity contribution >= 4 is 27.8 Å². The molecule has 6 heteroatoms. The van der Waals surface area contributed by atoms with Gasteiger partial charge in [0.2, 0.25) is 0 Å². The van der Waals surface area contributed by atoms with Crippen molar-refractivity contribution in [2.24, 2.45) is 0 Å². The molecule has 120 valence electrons. The molecule has 4 aromatic heterocycles. The van der Waals surface area contributed by atoms with Gasteiger partial charge in [-0.05, 0) is 47.5 Å². The summed E-state index contributed by atoms with van der Waals surface area (Å²) in [6.45, 7) is 0. The highest BCUT2D eigenvalue weighted by Gasteiger charge is 2.11. The Bertz CT molecular complexity index is 1200. The molecule has 0 saturated carbocycles. The van der Waals surface area contributed by atoms with Gasteiger partial charge in [-0.2, -0.15) is 5.10 Å².